The van der Waals surface area contributed by atoms with Crippen LogP contribution in [0.2, 0.25) is 0 Å². The molecule has 9 nitrogen and oxygen atoms in total. The SMILES string of the molecule is C[C@H]1[C@H](OC(=O)c2ccccc2)[C@@H](COC(=O)c2ccccc2)O[C@H]1n1cc(I)c2c(N)ncnc21. The second-order valence-corrected chi connectivity index (χ2v) is 9.63. The first-order valence-corrected chi connectivity index (χ1v) is 12.4. The van der Waals surface area contributed by atoms with Crippen LogP contribution in [-0.4, -0.2) is 45.3 Å². The summed E-state index contributed by atoms with van der Waals surface area (Å²) >= 11 is 2.18. The Morgan fingerprint density at radius 1 is 1.03 bits per heavy atom. The van der Waals surface area contributed by atoms with Gasteiger partial charge in [0.1, 0.15) is 42.8 Å². The molecule has 0 amide bonds. The molecule has 4 atom stereocenters. The van der Waals surface area contributed by atoms with Crippen molar-refractivity contribution in [3.8, 4) is 0 Å². The van der Waals surface area contributed by atoms with E-state index in [0.29, 0.717) is 22.6 Å². The van der Waals surface area contributed by atoms with E-state index in [9.17, 15) is 9.59 Å². The highest BCUT2D eigenvalue weighted by Gasteiger charge is 2.46. The van der Waals surface area contributed by atoms with E-state index < -0.39 is 30.4 Å². The summed E-state index contributed by atoms with van der Waals surface area (Å²) in [6.07, 6.45) is 1.36. The molecular formula is C26H23IN4O5. The summed E-state index contributed by atoms with van der Waals surface area (Å²) in [6, 6.07) is 17.4. The van der Waals surface area contributed by atoms with Gasteiger partial charge in [-0.3, -0.25) is 0 Å². The van der Waals surface area contributed by atoms with Gasteiger partial charge >= 0.3 is 11.9 Å². The number of benzene rings is 2. The molecule has 0 spiro atoms. The van der Waals surface area contributed by atoms with E-state index in [1.807, 2.05) is 29.8 Å². The zero-order valence-corrected chi connectivity index (χ0v) is 21.4. The molecule has 184 valence electrons. The third-order valence-electron chi connectivity index (χ3n) is 6.16. The standard InChI is InChI=1S/C26H23IN4O5/c1-15-21(36-26(33)17-10-6-3-7-11-17)19(13-34-25(32)16-8-4-2-5-9-16)35-24(15)31-12-18(27)20-22(28)29-14-30-23(20)31/h2-12,14-15,19,21,24H,13H2,1H3,(H2,28,29,30)/t15-,19+,21-,24+/m0/s1. The fourth-order valence-electron chi connectivity index (χ4n) is 4.35. The number of nitrogen functional groups attached to an aromatic ring is 1. The number of halogens is 1. The number of nitrogens with two attached hydrogens (primary N) is 1. The molecular weight excluding hydrogens is 575 g/mol. The Bertz CT molecular complexity index is 1400. The van der Waals surface area contributed by atoms with Gasteiger partial charge in [-0.1, -0.05) is 43.3 Å². The molecule has 0 unspecified atom stereocenters. The fourth-order valence-corrected chi connectivity index (χ4v) is 5.17. The monoisotopic (exact) mass is 598 g/mol. The van der Waals surface area contributed by atoms with Crippen LogP contribution < -0.4 is 5.73 Å². The van der Waals surface area contributed by atoms with E-state index in [4.69, 9.17) is 19.9 Å². The first kappa shape index (κ1) is 24.2. The van der Waals surface area contributed by atoms with E-state index in [-0.39, 0.29) is 12.5 Å². The van der Waals surface area contributed by atoms with E-state index in [1.54, 1.807) is 48.5 Å². The van der Waals surface area contributed by atoms with Crippen molar-refractivity contribution in [1.29, 1.82) is 0 Å². The molecule has 1 aliphatic rings. The molecule has 0 aliphatic carbocycles. The summed E-state index contributed by atoms with van der Waals surface area (Å²) in [7, 11) is 0. The zero-order chi connectivity index (χ0) is 25.2. The van der Waals surface area contributed by atoms with Crippen LogP contribution in [0.1, 0.15) is 33.9 Å². The van der Waals surface area contributed by atoms with Gasteiger partial charge in [-0.05, 0) is 46.9 Å². The molecule has 0 saturated carbocycles. The van der Waals surface area contributed by atoms with Crippen LogP contribution in [0.3, 0.4) is 0 Å². The normalized spacial score (nSPS) is 21.4. The lowest BCUT2D eigenvalue weighted by atomic mass is 10.0. The van der Waals surface area contributed by atoms with Crippen LogP contribution in [0.15, 0.2) is 73.2 Å². The molecule has 5 rings (SSSR count). The molecule has 1 aliphatic heterocycles. The Labute approximate surface area is 220 Å². The number of hydrogen-bond acceptors (Lipinski definition) is 8. The van der Waals surface area contributed by atoms with Crippen LogP contribution in [-0.2, 0) is 14.2 Å². The van der Waals surface area contributed by atoms with Crippen LogP contribution in [0.25, 0.3) is 11.0 Å². The van der Waals surface area contributed by atoms with Gasteiger partial charge < -0.3 is 24.5 Å². The molecule has 36 heavy (non-hydrogen) atoms. The number of fused-ring (bicyclic) bond motifs is 1. The fraction of sp³-hybridized carbons (Fsp3) is 0.231. The van der Waals surface area contributed by atoms with Gasteiger partial charge in [0.05, 0.1) is 16.5 Å². The molecule has 10 heteroatoms. The lowest BCUT2D eigenvalue weighted by Crippen LogP contribution is -2.35. The molecule has 0 radical (unpaired) electrons. The van der Waals surface area contributed by atoms with Crippen molar-refractivity contribution in [1.82, 2.24) is 14.5 Å². The molecule has 1 saturated heterocycles. The number of carbonyl (C=O) groups excluding carboxylic acids is 2. The second kappa shape index (κ2) is 10.2. The predicted molar refractivity (Wildman–Crippen MR) is 140 cm³/mol. The quantitative estimate of drug-likeness (QED) is 0.259. The third kappa shape index (κ3) is 4.65. The van der Waals surface area contributed by atoms with E-state index in [1.165, 1.54) is 6.33 Å². The van der Waals surface area contributed by atoms with Gasteiger partial charge in [-0.25, -0.2) is 19.6 Å². The lowest BCUT2D eigenvalue weighted by Gasteiger charge is -2.21. The van der Waals surface area contributed by atoms with Crippen LogP contribution >= 0.6 is 22.6 Å². The number of hydrogen-bond donors (Lipinski definition) is 1. The minimum atomic E-state index is -0.695. The summed E-state index contributed by atoms with van der Waals surface area (Å²) in [6.45, 7) is 1.84. The summed E-state index contributed by atoms with van der Waals surface area (Å²) < 4.78 is 20.6. The number of nitrogens with zero attached hydrogens (tertiary/aromatic N) is 3. The first-order chi connectivity index (χ1) is 17.4. The van der Waals surface area contributed by atoms with E-state index >= 15 is 0 Å². The molecule has 2 aromatic heterocycles. The molecule has 0 bridgehead atoms. The Kier molecular flexibility index (Phi) is 6.88. The van der Waals surface area contributed by atoms with Crippen molar-refractivity contribution in [2.24, 2.45) is 5.92 Å². The van der Waals surface area contributed by atoms with E-state index in [0.717, 1.165) is 8.96 Å². The number of ether oxygens (including phenoxy) is 3. The summed E-state index contributed by atoms with van der Waals surface area (Å²) in [4.78, 5) is 34.0. The van der Waals surface area contributed by atoms with Crippen molar-refractivity contribution in [3.63, 3.8) is 0 Å². The van der Waals surface area contributed by atoms with Crippen molar-refractivity contribution >= 4 is 51.4 Å². The van der Waals surface area contributed by atoms with Gasteiger partial charge in [-0.2, -0.15) is 0 Å². The average Bonchev–Trinajstić information content (AvgIpc) is 3.40. The third-order valence-corrected chi connectivity index (χ3v) is 6.97. The number of rotatable bonds is 6. The second-order valence-electron chi connectivity index (χ2n) is 8.47. The summed E-state index contributed by atoms with van der Waals surface area (Å²) in [5.74, 6) is -0.880. The maximum absolute atomic E-state index is 12.9. The maximum atomic E-state index is 12.9. The highest BCUT2D eigenvalue weighted by molar-refractivity contribution is 14.1. The van der Waals surface area contributed by atoms with E-state index in [2.05, 4.69) is 32.6 Å². The van der Waals surface area contributed by atoms with Crippen LogP contribution in [0, 0.1) is 9.49 Å². The molecule has 4 aromatic rings. The maximum Gasteiger partial charge on any atom is 0.338 e. The average molecular weight is 598 g/mol. The first-order valence-electron chi connectivity index (χ1n) is 11.3. The van der Waals surface area contributed by atoms with Crippen molar-refractivity contribution < 1.29 is 23.8 Å². The van der Waals surface area contributed by atoms with Crippen molar-refractivity contribution in [2.45, 2.75) is 25.4 Å². The molecule has 2 aromatic carbocycles. The Balaban J connectivity index is 1.43. The van der Waals surface area contributed by atoms with Gasteiger partial charge in [-0.15, -0.1) is 0 Å². The van der Waals surface area contributed by atoms with Gasteiger partial charge in [0.15, 0.2) is 0 Å². The van der Waals surface area contributed by atoms with Crippen LogP contribution in [0.5, 0.6) is 0 Å². The Hall–Kier alpha value is -3.51. The van der Waals surface area contributed by atoms with Crippen LogP contribution in [0.4, 0.5) is 5.82 Å². The molecule has 2 N–H and O–H groups in total. The molecule has 1 fully saturated rings. The number of anilines is 1. The number of esters is 2. The van der Waals surface area contributed by atoms with Gasteiger partial charge in [0, 0.05) is 15.7 Å². The Morgan fingerprint density at radius 2 is 1.67 bits per heavy atom. The smallest absolute Gasteiger partial charge is 0.338 e. The minimum absolute atomic E-state index is 0.0886. The van der Waals surface area contributed by atoms with Gasteiger partial charge in [0.2, 0.25) is 0 Å². The summed E-state index contributed by atoms with van der Waals surface area (Å²) in [5, 5.41) is 0.727. The number of carbonyl (C=O) groups is 2. The highest BCUT2D eigenvalue weighted by atomic mass is 127. The van der Waals surface area contributed by atoms with Crippen molar-refractivity contribution in [2.75, 3.05) is 12.3 Å². The summed E-state index contributed by atoms with van der Waals surface area (Å²) in [5.41, 5.74) is 7.55. The highest BCUT2D eigenvalue weighted by Crippen LogP contribution is 2.40. The molecule has 3 heterocycles. The lowest BCUT2D eigenvalue weighted by molar-refractivity contribution is -0.0566. The largest absolute Gasteiger partial charge is 0.459 e. The number of aromatic nitrogens is 3. The minimum Gasteiger partial charge on any atom is -0.459 e. The zero-order valence-electron chi connectivity index (χ0n) is 19.3. The van der Waals surface area contributed by atoms with Crippen molar-refractivity contribution in [3.05, 3.63) is 87.9 Å². The Morgan fingerprint density at radius 3 is 2.33 bits per heavy atom. The predicted octanol–water partition coefficient (Wildman–Crippen LogP) is 4.23. The topological polar surface area (TPSA) is 119 Å². The van der Waals surface area contributed by atoms with Gasteiger partial charge in [0.25, 0.3) is 0 Å².